The van der Waals surface area contributed by atoms with E-state index >= 15 is 0 Å². The van der Waals surface area contributed by atoms with E-state index in [0.717, 1.165) is 18.5 Å². The van der Waals surface area contributed by atoms with Crippen LogP contribution in [0.3, 0.4) is 0 Å². The summed E-state index contributed by atoms with van der Waals surface area (Å²) in [6.07, 6.45) is 6.81. The number of hydrogen-bond acceptors (Lipinski definition) is 5. The van der Waals surface area contributed by atoms with Gasteiger partial charge in [-0.25, -0.2) is 9.97 Å². The van der Waals surface area contributed by atoms with E-state index in [4.69, 9.17) is 4.42 Å². The Bertz CT molecular complexity index is 632. The molecule has 0 spiro atoms. The van der Waals surface area contributed by atoms with Crippen LogP contribution in [0.15, 0.2) is 23.0 Å². The summed E-state index contributed by atoms with van der Waals surface area (Å²) in [6.45, 7) is 4.00. The molecule has 1 amide bonds. The molecule has 0 aromatic carbocycles. The molecular formula is C14H16N4O2. The van der Waals surface area contributed by atoms with Crippen LogP contribution in [0.2, 0.25) is 0 Å². The van der Waals surface area contributed by atoms with Crippen LogP contribution >= 0.6 is 0 Å². The van der Waals surface area contributed by atoms with E-state index in [1.165, 1.54) is 6.20 Å². The summed E-state index contributed by atoms with van der Waals surface area (Å²) in [7, 11) is 0. The number of aromatic nitrogens is 3. The quantitative estimate of drug-likeness (QED) is 0.925. The minimum Gasteiger partial charge on any atom is -0.435 e. The Hall–Kier alpha value is -2.24. The zero-order valence-corrected chi connectivity index (χ0v) is 11.5. The normalized spacial score (nSPS) is 14.6. The summed E-state index contributed by atoms with van der Waals surface area (Å²) in [5.74, 6) is 1.56. The van der Waals surface area contributed by atoms with Crippen molar-refractivity contribution in [3.8, 4) is 0 Å². The van der Waals surface area contributed by atoms with E-state index in [1.807, 2.05) is 13.8 Å². The highest BCUT2D eigenvalue weighted by atomic mass is 16.4. The van der Waals surface area contributed by atoms with E-state index in [-0.39, 0.29) is 17.6 Å². The average Bonchev–Trinajstić information content (AvgIpc) is 3.16. The standard InChI is InChI=1S/C14H16N4O2/c1-8(2)11-12(16-6-5-15-11)18-13(19)10-7-17-14(20-10)9-3-4-9/h5-9H,3-4H2,1-2H3,(H,16,18,19). The van der Waals surface area contributed by atoms with Gasteiger partial charge in [-0.1, -0.05) is 13.8 Å². The van der Waals surface area contributed by atoms with Crippen LogP contribution in [0, 0.1) is 0 Å². The molecule has 104 valence electrons. The molecule has 2 heterocycles. The maximum Gasteiger partial charge on any atom is 0.294 e. The van der Waals surface area contributed by atoms with Gasteiger partial charge in [-0.05, 0) is 18.8 Å². The number of nitrogens with one attached hydrogen (secondary N) is 1. The van der Waals surface area contributed by atoms with Gasteiger partial charge in [0.05, 0.1) is 11.9 Å². The third-order valence-corrected chi connectivity index (χ3v) is 3.18. The fourth-order valence-electron chi connectivity index (χ4n) is 1.95. The lowest BCUT2D eigenvalue weighted by molar-refractivity contribution is 0.0994. The van der Waals surface area contributed by atoms with Gasteiger partial charge in [0.2, 0.25) is 5.76 Å². The molecule has 1 aliphatic rings. The van der Waals surface area contributed by atoms with Gasteiger partial charge in [0.1, 0.15) is 0 Å². The average molecular weight is 272 g/mol. The minimum atomic E-state index is -0.341. The lowest BCUT2D eigenvalue weighted by Crippen LogP contribution is -2.15. The van der Waals surface area contributed by atoms with Gasteiger partial charge < -0.3 is 9.73 Å². The number of nitrogens with zero attached hydrogens (tertiary/aromatic N) is 3. The molecule has 6 heteroatoms. The molecule has 3 rings (SSSR count). The molecule has 0 unspecified atom stereocenters. The maximum atomic E-state index is 12.1. The van der Waals surface area contributed by atoms with Crippen LogP contribution in [0.5, 0.6) is 0 Å². The molecule has 1 saturated carbocycles. The second-order valence-corrected chi connectivity index (χ2v) is 5.24. The number of oxazole rings is 1. The first kappa shape index (κ1) is 12.8. The van der Waals surface area contributed by atoms with E-state index in [1.54, 1.807) is 12.4 Å². The zero-order valence-electron chi connectivity index (χ0n) is 11.5. The third kappa shape index (κ3) is 2.54. The predicted octanol–water partition coefficient (Wildman–Crippen LogP) is 2.72. The summed E-state index contributed by atoms with van der Waals surface area (Å²) >= 11 is 0. The zero-order chi connectivity index (χ0) is 14.1. The van der Waals surface area contributed by atoms with Crippen molar-refractivity contribution in [1.82, 2.24) is 15.0 Å². The van der Waals surface area contributed by atoms with Gasteiger partial charge in [0.15, 0.2) is 11.7 Å². The molecule has 20 heavy (non-hydrogen) atoms. The molecule has 1 fully saturated rings. The number of anilines is 1. The van der Waals surface area contributed by atoms with Crippen molar-refractivity contribution in [2.75, 3.05) is 5.32 Å². The topological polar surface area (TPSA) is 80.9 Å². The summed E-state index contributed by atoms with van der Waals surface area (Å²) < 4.78 is 5.47. The van der Waals surface area contributed by atoms with Crippen LogP contribution in [-0.2, 0) is 0 Å². The fraction of sp³-hybridized carbons (Fsp3) is 0.429. The largest absolute Gasteiger partial charge is 0.435 e. The van der Waals surface area contributed by atoms with Gasteiger partial charge >= 0.3 is 0 Å². The molecule has 1 aliphatic carbocycles. The van der Waals surface area contributed by atoms with Crippen molar-refractivity contribution in [3.63, 3.8) is 0 Å². The second-order valence-electron chi connectivity index (χ2n) is 5.24. The molecule has 2 aromatic heterocycles. The van der Waals surface area contributed by atoms with E-state index in [2.05, 4.69) is 20.3 Å². The van der Waals surface area contributed by atoms with Crippen molar-refractivity contribution in [3.05, 3.63) is 35.9 Å². The Balaban J connectivity index is 1.78. The van der Waals surface area contributed by atoms with E-state index in [0.29, 0.717) is 17.6 Å². The molecule has 0 bridgehead atoms. The number of hydrogen-bond donors (Lipinski definition) is 1. The van der Waals surface area contributed by atoms with Crippen LogP contribution in [-0.4, -0.2) is 20.9 Å². The van der Waals surface area contributed by atoms with Crippen molar-refractivity contribution in [2.24, 2.45) is 0 Å². The Kier molecular flexibility index (Phi) is 3.22. The highest BCUT2D eigenvalue weighted by molar-refractivity contribution is 6.01. The van der Waals surface area contributed by atoms with E-state index < -0.39 is 0 Å². The summed E-state index contributed by atoms with van der Waals surface area (Å²) in [5.41, 5.74) is 0.753. The first-order chi connectivity index (χ1) is 9.65. The Morgan fingerprint density at radius 3 is 2.75 bits per heavy atom. The van der Waals surface area contributed by atoms with Gasteiger partial charge in [-0.2, -0.15) is 0 Å². The van der Waals surface area contributed by atoms with Crippen LogP contribution < -0.4 is 5.32 Å². The first-order valence-electron chi connectivity index (χ1n) is 6.73. The summed E-state index contributed by atoms with van der Waals surface area (Å²) in [4.78, 5) is 24.7. The smallest absolute Gasteiger partial charge is 0.294 e. The van der Waals surface area contributed by atoms with Crippen molar-refractivity contribution < 1.29 is 9.21 Å². The predicted molar refractivity (Wildman–Crippen MR) is 72.6 cm³/mol. The molecular weight excluding hydrogens is 256 g/mol. The van der Waals surface area contributed by atoms with Gasteiger partial charge in [0.25, 0.3) is 5.91 Å². The van der Waals surface area contributed by atoms with Crippen LogP contribution in [0.4, 0.5) is 5.82 Å². The second kappa shape index (κ2) is 5.03. The Morgan fingerprint density at radius 1 is 1.30 bits per heavy atom. The number of rotatable bonds is 4. The Labute approximate surface area is 116 Å². The highest BCUT2D eigenvalue weighted by Crippen LogP contribution is 2.39. The molecule has 6 nitrogen and oxygen atoms in total. The first-order valence-corrected chi connectivity index (χ1v) is 6.73. The molecule has 0 aliphatic heterocycles. The summed E-state index contributed by atoms with van der Waals surface area (Å²) in [6, 6.07) is 0. The number of carbonyl (C=O) groups excluding carboxylic acids is 1. The number of amides is 1. The van der Waals surface area contributed by atoms with Crippen molar-refractivity contribution in [1.29, 1.82) is 0 Å². The maximum absolute atomic E-state index is 12.1. The van der Waals surface area contributed by atoms with Crippen molar-refractivity contribution in [2.45, 2.75) is 38.5 Å². The SMILES string of the molecule is CC(C)c1nccnc1NC(=O)c1cnc(C2CC2)o1. The van der Waals surface area contributed by atoms with Crippen molar-refractivity contribution >= 4 is 11.7 Å². The summed E-state index contributed by atoms with van der Waals surface area (Å²) in [5, 5.41) is 2.73. The van der Waals surface area contributed by atoms with Gasteiger partial charge in [-0.3, -0.25) is 9.78 Å². The highest BCUT2D eigenvalue weighted by Gasteiger charge is 2.29. The van der Waals surface area contributed by atoms with E-state index in [9.17, 15) is 4.79 Å². The van der Waals surface area contributed by atoms with Crippen LogP contribution in [0.25, 0.3) is 0 Å². The fourth-order valence-corrected chi connectivity index (χ4v) is 1.95. The number of carbonyl (C=O) groups is 1. The van der Waals surface area contributed by atoms with Gasteiger partial charge in [0, 0.05) is 18.3 Å². The molecule has 0 saturated heterocycles. The molecule has 1 N–H and O–H groups in total. The Morgan fingerprint density at radius 2 is 2.05 bits per heavy atom. The lowest BCUT2D eigenvalue weighted by Gasteiger charge is -2.09. The third-order valence-electron chi connectivity index (χ3n) is 3.18. The van der Waals surface area contributed by atoms with Crippen LogP contribution in [0.1, 0.15) is 60.7 Å². The lowest BCUT2D eigenvalue weighted by atomic mass is 10.1. The molecule has 2 aromatic rings. The monoisotopic (exact) mass is 272 g/mol. The molecule has 0 atom stereocenters. The minimum absolute atomic E-state index is 0.177. The molecule has 0 radical (unpaired) electrons. The van der Waals surface area contributed by atoms with Gasteiger partial charge in [-0.15, -0.1) is 0 Å².